The van der Waals surface area contributed by atoms with Crippen molar-refractivity contribution in [2.45, 2.75) is 0 Å². The summed E-state index contributed by atoms with van der Waals surface area (Å²) in [6.07, 6.45) is 0. The Kier molecular flexibility index (Phi) is 4.23. The van der Waals surface area contributed by atoms with Crippen molar-refractivity contribution < 1.29 is 36.2 Å². The quantitative estimate of drug-likeness (QED) is 0.540. The van der Waals surface area contributed by atoms with E-state index in [0.717, 1.165) is 0 Å². The largest absolute Gasteiger partial charge is 0.349 e. The molecule has 5 heterocycles. The molecule has 0 fully saturated rings. The lowest BCUT2D eigenvalue weighted by Crippen LogP contribution is -2.01. The Labute approximate surface area is 138 Å². The summed E-state index contributed by atoms with van der Waals surface area (Å²) in [5.41, 5.74) is 0. The van der Waals surface area contributed by atoms with Crippen LogP contribution < -0.4 is 0 Å². The molecule has 0 N–H and O–H groups in total. The molecule has 4 spiro atoms. The summed E-state index contributed by atoms with van der Waals surface area (Å²) in [6, 6.07) is 0. The van der Waals surface area contributed by atoms with Crippen LogP contribution in [-0.4, -0.2) is 52.9 Å². The molecule has 0 aliphatic carbocycles. The molecule has 0 unspecified atom stereocenters. The van der Waals surface area contributed by atoms with Gasteiger partial charge in [-0.25, -0.2) is 0 Å². The zero-order valence-corrected chi connectivity index (χ0v) is 16.1. The average molecular weight is 420 g/mol. The van der Waals surface area contributed by atoms with Gasteiger partial charge in [0.15, 0.2) is 0 Å². The van der Waals surface area contributed by atoms with Crippen LogP contribution in [0, 0.1) is 0 Å². The third-order valence-electron chi connectivity index (χ3n) is 3.31. The van der Waals surface area contributed by atoms with Crippen molar-refractivity contribution in [3.05, 3.63) is 0 Å². The van der Waals surface area contributed by atoms with Crippen molar-refractivity contribution in [1.82, 2.24) is 0 Å². The van der Waals surface area contributed by atoms with Crippen molar-refractivity contribution >= 4 is 30.6 Å². The van der Waals surface area contributed by atoms with E-state index in [4.69, 9.17) is 36.2 Å². The lowest BCUT2D eigenvalue weighted by atomic mass is 10.8. The molecule has 0 radical (unpaired) electrons. The predicted molar refractivity (Wildman–Crippen MR) is 85.0 cm³/mol. The Morgan fingerprint density at radius 2 is 0.500 bits per heavy atom. The molecule has 4 bridgehead atoms. The molecule has 0 amide bonds. The normalized spacial score (nSPS) is 50.7. The van der Waals surface area contributed by atoms with E-state index in [0.29, 0.717) is 0 Å². The van der Waals surface area contributed by atoms with Gasteiger partial charge < -0.3 is 36.2 Å². The standard InChI is InChI=1S/C8H16N4O8P4/c1-2-14-22-9-21(13-1)10-23(17-4-3-15-21)12-24(11-22,19-6-5-16-22)20-8-7-18-23/h1-8H2. The first kappa shape index (κ1) is 16.8. The smallest absolute Gasteiger partial charge is 0.304 e. The molecule has 12 nitrogen and oxygen atoms in total. The highest BCUT2D eigenvalue weighted by atomic mass is 31.3. The molecule has 24 heavy (non-hydrogen) atoms. The van der Waals surface area contributed by atoms with Crippen LogP contribution >= 0.6 is 30.6 Å². The van der Waals surface area contributed by atoms with E-state index in [1.54, 1.807) is 0 Å². The van der Waals surface area contributed by atoms with E-state index in [1.807, 2.05) is 0 Å². The Morgan fingerprint density at radius 3 is 0.667 bits per heavy atom. The van der Waals surface area contributed by atoms with E-state index in [1.165, 1.54) is 0 Å². The van der Waals surface area contributed by atoms with Crippen molar-refractivity contribution in [2.24, 2.45) is 18.1 Å². The van der Waals surface area contributed by atoms with Crippen LogP contribution in [0.2, 0.25) is 0 Å². The maximum atomic E-state index is 5.86. The minimum absolute atomic E-state index is 0.258. The molecular formula is C8H16N4O8P4. The monoisotopic (exact) mass is 420 g/mol. The fourth-order valence-electron chi connectivity index (χ4n) is 2.45. The van der Waals surface area contributed by atoms with Gasteiger partial charge in [-0.05, 0) is 0 Å². The van der Waals surface area contributed by atoms with E-state index in [9.17, 15) is 0 Å². The molecule has 0 aromatic carbocycles. The van der Waals surface area contributed by atoms with Gasteiger partial charge in [-0.1, -0.05) is 0 Å². The Hall–Kier alpha value is 0.600. The Bertz CT molecular complexity index is 608. The second-order valence-corrected chi connectivity index (χ2v) is 13.8. The molecule has 16 heteroatoms. The predicted octanol–water partition coefficient (Wildman–Crippen LogP) is 3.97. The minimum Gasteiger partial charge on any atom is -0.304 e. The molecule has 5 aliphatic heterocycles. The van der Waals surface area contributed by atoms with Gasteiger partial charge in [0.2, 0.25) is 0 Å². The Morgan fingerprint density at radius 1 is 0.333 bits per heavy atom. The highest BCUT2D eigenvalue weighted by Gasteiger charge is 2.47. The molecule has 0 aromatic rings. The van der Waals surface area contributed by atoms with Crippen LogP contribution in [0.4, 0.5) is 0 Å². The number of hydrogen-bond acceptors (Lipinski definition) is 12. The Balaban J connectivity index is 1.87. The maximum Gasteiger partial charge on any atom is 0.349 e. The maximum absolute atomic E-state index is 5.86. The SMILES string of the molecule is C1COP23=NP4(=NP5(=NP(=N2)(OCCO5)OCCO3)OCCO4)O1. The van der Waals surface area contributed by atoms with Gasteiger partial charge in [0.05, 0.1) is 52.9 Å². The first-order valence-corrected chi connectivity index (χ1v) is 13.5. The number of nitrogens with zero attached hydrogens (tertiary/aromatic N) is 4. The molecule has 0 saturated carbocycles. The molecule has 0 atom stereocenters. The highest BCUT2D eigenvalue weighted by molar-refractivity contribution is 7.78. The molecule has 5 aliphatic rings. The van der Waals surface area contributed by atoms with Gasteiger partial charge >= 0.3 is 30.6 Å². The van der Waals surface area contributed by atoms with Crippen LogP contribution in [0.15, 0.2) is 18.1 Å². The van der Waals surface area contributed by atoms with E-state index < -0.39 is 30.6 Å². The summed E-state index contributed by atoms with van der Waals surface area (Å²) in [5.74, 6) is 0. The van der Waals surface area contributed by atoms with E-state index in [2.05, 4.69) is 18.1 Å². The van der Waals surface area contributed by atoms with Crippen molar-refractivity contribution in [3.63, 3.8) is 0 Å². The molecule has 5 rings (SSSR count). The molecule has 0 aromatic heterocycles. The van der Waals surface area contributed by atoms with Gasteiger partial charge in [0, 0.05) is 0 Å². The van der Waals surface area contributed by atoms with E-state index >= 15 is 0 Å². The van der Waals surface area contributed by atoms with Crippen LogP contribution in [0.5, 0.6) is 0 Å². The van der Waals surface area contributed by atoms with Crippen LogP contribution in [-0.2, 0) is 36.2 Å². The minimum atomic E-state index is -3.07. The zero-order chi connectivity index (χ0) is 16.1. The summed E-state index contributed by atoms with van der Waals surface area (Å²) in [5, 5.41) is 0. The first-order chi connectivity index (χ1) is 11.7. The number of hydrogen-bond donors (Lipinski definition) is 0. The topological polar surface area (TPSA) is 123 Å². The number of rotatable bonds is 0. The van der Waals surface area contributed by atoms with Gasteiger partial charge in [0.25, 0.3) is 0 Å². The molecule has 0 saturated heterocycles. The summed E-state index contributed by atoms with van der Waals surface area (Å²) in [7, 11) is -12.3. The summed E-state index contributed by atoms with van der Waals surface area (Å²) in [4.78, 5) is 0. The third-order valence-corrected chi connectivity index (χ3v) is 14.7. The zero-order valence-electron chi connectivity index (χ0n) is 12.5. The summed E-state index contributed by atoms with van der Waals surface area (Å²) in [6.45, 7) is 2.07. The van der Waals surface area contributed by atoms with Crippen LogP contribution in [0.1, 0.15) is 0 Å². The van der Waals surface area contributed by atoms with Crippen molar-refractivity contribution in [1.29, 1.82) is 0 Å². The van der Waals surface area contributed by atoms with E-state index in [-0.39, 0.29) is 52.9 Å². The highest BCUT2D eigenvalue weighted by Crippen LogP contribution is 2.82. The van der Waals surface area contributed by atoms with Crippen molar-refractivity contribution in [2.75, 3.05) is 52.9 Å². The van der Waals surface area contributed by atoms with Crippen LogP contribution in [0.3, 0.4) is 0 Å². The fourth-order valence-corrected chi connectivity index (χ4v) is 15.0. The molecule has 136 valence electrons. The van der Waals surface area contributed by atoms with Crippen LogP contribution in [0.25, 0.3) is 0 Å². The van der Waals surface area contributed by atoms with Gasteiger partial charge in [-0.2, -0.15) is 0 Å². The summed E-state index contributed by atoms with van der Waals surface area (Å²) >= 11 is 0. The lowest BCUT2D eigenvalue weighted by molar-refractivity contribution is 0.160. The van der Waals surface area contributed by atoms with Gasteiger partial charge in [-0.15, -0.1) is 18.1 Å². The fraction of sp³-hybridized carbons (Fsp3) is 1.00. The lowest BCUT2D eigenvalue weighted by Gasteiger charge is -2.25. The summed E-state index contributed by atoms with van der Waals surface area (Å²) < 4.78 is 65.4. The third kappa shape index (κ3) is 2.87. The van der Waals surface area contributed by atoms with Crippen molar-refractivity contribution in [3.8, 4) is 0 Å². The first-order valence-electron chi connectivity index (χ1n) is 7.37. The second kappa shape index (κ2) is 6.06. The van der Waals surface area contributed by atoms with Gasteiger partial charge in [-0.3, -0.25) is 0 Å². The second-order valence-electron chi connectivity index (χ2n) is 4.99. The molecular weight excluding hydrogens is 404 g/mol. The van der Waals surface area contributed by atoms with Gasteiger partial charge in [0.1, 0.15) is 0 Å². The average Bonchev–Trinajstić information content (AvgIpc) is 2.99.